The Morgan fingerprint density at radius 1 is 1.41 bits per heavy atom. The van der Waals surface area contributed by atoms with Gasteiger partial charge in [-0.25, -0.2) is 13.2 Å². The van der Waals surface area contributed by atoms with Gasteiger partial charge >= 0.3 is 5.97 Å². The van der Waals surface area contributed by atoms with Crippen LogP contribution in [0.25, 0.3) is 0 Å². The zero-order chi connectivity index (χ0) is 13.2. The molecule has 0 bridgehead atoms. The average Bonchev–Trinajstić information content (AvgIpc) is 2.63. The van der Waals surface area contributed by atoms with Crippen molar-refractivity contribution in [2.75, 3.05) is 11.6 Å². The van der Waals surface area contributed by atoms with Crippen LogP contribution in [0.15, 0.2) is 12.1 Å². The van der Waals surface area contributed by atoms with Gasteiger partial charge in [-0.3, -0.25) is 4.79 Å². The number of thiophene rings is 1. The van der Waals surface area contributed by atoms with Crippen molar-refractivity contribution in [2.24, 2.45) is 0 Å². The number of carbonyl (C=O) groups is 2. The molecule has 8 heteroatoms. The van der Waals surface area contributed by atoms with E-state index < -0.39 is 27.0 Å². The summed E-state index contributed by atoms with van der Waals surface area (Å²) in [4.78, 5) is 22.2. The van der Waals surface area contributed by atoms with Gasteiger partial charge in [0.05, 0.1) is 5.00 Å². The minimum absolute atomic E-state index is 0.0762. The number of carbonyl (C=O) groups excluding carboxylic acids is 1. The third-order valence-electron chi connectivity index (χ3n) is 2.07. The van der Waals surface area contributed by atoms with Crippen LogP contribution in [-0.4, -0.2) is 36.9 Å². The number of hydrogen-bond donors (Lipinski definition) is 2. The second-order valence-electron chi connectivity index (χ2n) is 3.43. The van der Waals surface area contributed by atoms with Crippen molar-refractivity contribution in [1.82, 2.24) is 0 Å². The molecule has 1 unspecified atom stereocenters. The number of sulfone groups is 1. The van der Waals surface area contributed by atoms with Crippen molar-refractivity contribution < 1.29 is 23.1 Å². The maximum atomic E-state index is 11.5. The Kier molecular flexibility index (Phi) is 3.89. The minimum Gasteiger partial charge on any atom is -0.477 e. The molecule has 94 valence electrons. The van der Waals surface area contributed by atoms with E-state index in [9.17, 15) is 18.0 Å². The predicted molar refractivity (Wildman–Crippen MR) is 64.2 cm³/mol. The van der Waals surface area contributed by atoms with Gasteiger partial charge in [0.25, 0.3) is 0 Å². The predicted octanol–water partition coefficient (Wildman–Crippen LogP) is 0.818. The summed E-state index contributed by atoms with van der Waals surface area (Å²) in [6.45, 7) is 1.27. The summed E-state index contributed by atoms with van der Waals surface area (Å²) in [5, 5.41) is 10.2. The number of amides is 1. The number of aromatic carboxylic acids is 1. The highest BCUT2D eigenvalue weighted by Crippen LogP contribution is 2.22. The Hall–Kier alpha value is -1.41. The Bertz CT molecular complexity index is 545. The molecule has 1 heterocycles. The quantitative estimate of drug-likeness (QED) is 0.848. The van der Waals surface area contributed by atoms with E-state index in [1.807, 2.05) is 0 Å². The Balaban J connectivity index is 2.78. The summed E-state index contributed by atoms with van der Waals surface area (Å²) in [5.41, 5.74) is 0. The van der Waals surface area contributed by atoms with Gasteiger partial charge in [-0.05, 0) is 19.1 Å². The van der Waals surface area contributed by atoms with Crippen LogP contribution in [0.2, 0.25) is 0 Å². The maximum Gasteiger partial charge on any atom is 0.345 e. The molecule has 0 saturated heterocycles. The zero-order valence-electron chi connectivity index (χ0n) is 9.13. The molecule has 1 rings (SSSR count). The number of carboxylic acids is 1. The number of nitrogens with one attached hydrogen (secondary N) is 1. The van der Waals surface area contributed by atoms with E-state index in [4.69, 9.17) is 5.11 Å². The van der Waals surface area contributed by atoms with Crippen molar-refractivity contribution >= 4 is 38.1 Å². The highest BCUT2D eigenvalue weighted by atomic mass is 32.2. The lowest BCUT2D eigenvalue weighted by molar-refractivity contribution is -0.115. The topological polar surface area (TPSA) is 101 Å². The van der Waals surface area contributed by atoms with Crippen molar-refractivity contribution in [3.63, 3.8) is 0 Å². The summed E-state index contributed by atoms with van der Waals surface area (Å²) in [6, 6.07) is 2.76. The van der Waals surface area contributed by atoms with Gasteiger partial charge in [-0.15, -0.1) is 11.3 Å². The smallest absolute Gasteiger partial charge is 0.345 e. The van der Waals surface area contributed by atoms with Crippen molar-refractivity contribution in [3.8, 4) is 0 Å². The van der Waals surface area contributed by atoms with Crippen LogP contribution in [0.5, 0.6) is 0 Å². The minimum atomic E-state index is -3.46. The molecule has 0 spiro atoms. The largest absolute Gasteiger partial charge is 0.477 e. The van der Waals surface area contributed by atoms with Gasteiger partial charge in [0, 0.05) is 6.26 Å². The molecule has 0 aliphatic heterocycles. The molecule has 1 aromatic rings. The second kappa shape index (κ2) is 4.84. The molecule has 1 amide bonds. The van der Waals surface area contributed by atoms with Crippen molar-refractivity contribution in [3.05, 3.63) is 17.0 Å². The Morgan fingerprint density at radius 3 is 2.41 bits per heavy atom. The fourth-order valence-electron chi connectivity index (χ4n) is 0.937. The fraction of sp³-hybridized carbons (Fsp3) is 0.333. The standard InChI is InChI=1S/C9H11NO5S2/c1-5(17(2,14)15)8(11)10-7-4-3-6(16-7)9(12)13/h3-5H,1-2H3,(H,10,11)(H,12,13). The second-order valence-corrected chi connectivity index (χ2v) is 6.88. The lowest BCUT2D eigenvalue weighted by atomic mass is 10.4. The molecular weight excluding hydrogens is 266 g/mol. The van der Waals surface area contributed by atoms with Crippen LogP contribution in [0.1, 0.15) is 16.6 Å². The number of anilines is 1. The molecule has 1 aromatic heterocycles. The van der Waals surface area contributed by atoms with Crippen molar-refractivity contribution in [1.29, 1.82) is 0 Å². The lowest BCUT2D eigenvalue weighted by Gasteiger charge is -2.08. The molecule has 2 N–H and O–H groups in total. The number of hydrogen-bond acceptors (Lipinski definition) is 5. The first kappa shape index (κ1) is 13.7. The monoisotopic (exact) mass is 277 g/mol. The molecule has 17 heavy (non-hydrogen) atoms. The number of rotatable bonds is 4. The van der Waals surface area contributed by atoms with Gasteiger partial charge in [0.2, 0.25) is 5.91 Å². The highest BCUT2D eigenvalue weighted by Gasteiger charge is 2.24. The Morgan fingerprint density at radius 2 is 2.00 bits per heavy atom. The lowest BCUT2D eigenvalue weighted by Crippen LogP contribution is -2.31. The number of carboxylic acid groups (broad SMARTS) is 1. The third kappa shape index (κ3) is 3.53. The van der Waals surface area contributed by atoms with Crippen LogP contribution >= 0.6 is 11.3 Å². The van der Waals surface area contributed by atoms with Crippen LogP contribution in [0.3, 0.4) is 0 Å². The molecule has 1 atom stereocenters. The van der Waals surface area contributed by atoms with E-state index >= 15 is 0 Å². The van der Waals surface area contributed by atoms with Crippen LogP contribution in [0, 0.1) is 0 Å². The van der Waals surface area contributed by atoms with Crippen LogP contribution < -0.4 is 5.32 Å². The van der Waals surface area contributed by atoms with Gasteiger partial charge in [-0.1, -0.05) is 0 Å². The van der Waals surface area contributed by atoms with Crippen molar-refractivity contribution in [2.45, 2.75) is 12.2 Å². The SMILES string of the molecule is CC(C(=O)Nc1ccc(C(=O)O)s1)S(C)(=O)=O. The average molecular weight is 277 g/mol. The molecule has 0 aromatic carbocycles. The van der Waals surface area contributed by atoms with Gasteiger partial charge < -0.3 is 10.4 Å². The van der Waals surface area contributed by atoms with E-state index in [0.717, 1.165) is 17.6 Å². The molecule has 0 fully saturated rings. The Labute approximate surface area is 102 Å². The maximum absolute atomic E-state index is 11.5. The van der Waals surface area contributed by atoms with E-state index in [1.54, 1.807) is 0 Å². The van der Waals surface area contributed by atoms with E-state index in [-0.39, 0.29) is 4.88 Å². The molecule has 0 saturated carbocycles. The molecule has 0 aliphatic rings. The summed E-state index contributed by atoms with van der Waals surface area (Å²) >= 11 is 0.871. The molecule has 6 nitrogen and oxygen atoms in total. The zero-order valence-corrected chi connectivity index (χ0v) is 10.8. The summed E-state index contributed by atoms with van der Waals surface area (Å²) in [6.07, 6.45) is 0.967. The first-order chi connectivity index (χ1) is 7.71. The van der Waals surface area contributed by atoms with Gasteiger partial charge in [0.1, 0.15) is 10.1 Å². The van der Waals surface area contributed by atoms with E-state index in [0.29, 0.717) is 5.00 Å². The third-order valence-corrected chi connectivity index (χ3v) is 4.56. The molecular formula is C9H11NO5S2. The fourth-order valence-corrected chi connectivity index (χ4v) is 2.13. The van der Waals surface area contributed by atoms with Gasteiger partial charge in [-0.2, -0.15) is 0 Å². The molecule has 0 aliphatic carbocycles. The first-order valence-corrected chi connectivity index (χ1v) is 7.32. The van der Waals surface area contributed by atoms with Crippen LogP contribution in [-0.2, 0) is 14.6 Å². The van der Waals surface area contributed by atoms with Gasteiger partial charge in [0.15, 0.2) is 9.84 Å². The normalized spacial score (nSPS) is 13.1. The highest BCUT2D eigenvalue weighted by molar-refractivity contribution is 7.92. The van der Waals surface area contributed by atoms with E-state index in [2.05, 4.69) is 5.32 Å². The molecule has 0 radical (unpaired) electrons. The summed E-state index contributed by atoms with van der Waals surface area (Å²) in [5.74, 6) is -1.77. The van der Waals surface area contributed by atoms with Crippen LogP contribution in [0.4, 0.5) is 5.00 Å². The first-order valence-electron chi connectivity index (χ1n) is 4.54. The summed E-state index contributed by atoms with van der Waals surface area (Å²) in [7, 11) is -3.46. The van der Waals surface area contributed by atoms with E-state index in [1.165, 1.54) is 19.1 Å². The summed E-state index contributed by atoms with van der Waals surface area (Å²) < 4.78 is 22.2.